The molecule has 2 aromatic rings. The van der Waals surface area contributed by atoms with Gasteiger partial charge < -0.3 is 9.15 Å². The highest BCUT2D eigenvalue weighted by Crippen LogP contribution is 2.26. The van der Waals surface area contributed by atoms with Crippen molar-refractivity contribution in [3.63, 3.8) is 0 Å². The summed E-state index contributed by atoms with van der Waals surface area (Å²) in [4.78, 5) is 15.7. The lowest BCUT2D eigenvalue weighted by Crippen LogP contribution is -2.03. The number of ether oxygens (including phenoxy) is 1. The molecule has 0 aliphatic carbocycles. The molecule has 18 heavy (non-hydrogen) atoms. The molecule has 94 valence electrons. The molecular weight excluding hydrogens is 230 g/mol. The number of aryl methyl sites for hydroxylation is 3. The van der Waals surface area contributed by atoms with Crippen LogP contribution in [0.2, 0.25) is 0 Å². The van der Waals surface area contributed by atoms with Gasteiger partial charge in [-0.15, -0.1) is 0 Å². The zero-order valence-electron chi connectivity index (χ0n) is 10.9. The number of benzene rings is 1. The molecule has 0 bridgehead atoms. The molecule has 4 nitrogen and oxygen atoms in total. The minimum atomic E-state index is -0.479. The quantitative estimate of drug-likeness (QED) is 0.763. The molecule has 4 heteroatoms. The fourth-order valence-electron chi connectivity index (χ4n) is 1.76. The van der Waals surface area contributed by atoms with E-state index in [1.807, 2.05) is 32.0 Å². The number of carbonyl (C=O) groups is 1. The highest BCUT2D eigenvalue weighted by atomic mass is 16.5. The van der Waals surface area contributed by atoms with Crippen LogP contribution in [-0.4, -0.2) is 18.1 Å². The first-order chi connectivity index (χ1) is 8.52. The van der Waals surface area contributed by atoms with E-state index in [0.717, 1.165) is 16.7 Å². The highest BCUT2D eigenvalue weighted by Gasteiger charge is 2.19. The van der Waals surface area contributed by atoms with Gasteiger partial charge in [-0.05, 0) is 32.4 Å². The van der Waals surface area contributed by atoms with E-state index >= 15 is 0 Å². The van der Waals surface area contributed by atoms with Gasteiger partial charge in [-0.1, -0.05) is 17.7 Å². The van der Waals surface area contributed by atoms with Gasteiger partial charge in [0.1, 0.15) is 5.76 Å². The van der Waals surface area contributed by atoms with Crippen LogP contribution < -0.4 is 0 Å². The fraction of sp³-hybridized carbons (Fsp3) is 0.286. The van der Waals surface area contributed by atoms with Gasteiger partial charge in [0.2, 0.25) is 5.89 Å². The largest absolute Gasteiger partial charge is 0.464 e. The average molecular weight is 245 g/mol. The van der Waals surface area contributed by atoms with Gasteiger partial charge in [0.15, 0.2) is 5.69 Å². The van der Waals surface area contributed by atoms with Gasteiger partial charge in [-0.25, -0.2) is 9.78 Å². The van der Waals surface area contributed by atoms with Crippen LogP contribution in [0.3, 0.4) is 0 Å². The van der Waals surface area contributed by atoms with Crippen molar-refractivity contribution in [2.75, 3.05) is 7.11 Å². The number of nitrogens with zero attached hydrogens (tertiary/aromatic N) is 1. The number of hydrogen-bond acceptors (Lipinski definition) is 4. The van der Waals surface area contributed by atoms with Gasteiger partial charge in [0.25, 0.3) is 0 Å². The van der Waals surface area contributed by atoms with Crippen molar-refractivity contribution in [1.29, 1.82) is 0 Å². The first kappa shape index (κ1) is 12.4. The van der Waals surface area contributed by atoms with Crippen molar-refractivity contribution in [2.24, 2.45) is 0 Å². The van der Waals surface area contributed by atoms with Crippen LogP contribution in [0.1, 0.15) is 27.4 Å². The Morgan fingerprint density at radius 3 is 2.67 bits per heavy atom. The summed E-state index contributed by atoms with van der Waals surface area (Å²) in [6.07, 6.45) is 0. The summed E-state index contributed by atoms with van der Waals surface area (Å²) in [5, 5.41) is 0. The predicted molar refractivity (Wildman–Crippen MR) is 67.5 cm³/mol. The number of hydrogen-bond donors (Lipinski definition) is 0. The fourth-order valence-corrected chi connectivity index (χ4v) is 1.76. The molecule has 1 aromatic carbocycles. The third-order valence-corrected chi connectivity index (χ3v) is 2.80. The van der Waals surface area contributed by atoms with Gasteiger partial charge in [0.05, 0.1) is 7.11 Å². The van der Waals surface area contributed by atoms with Crippen molar-refractivity contribution in [1.82, 2.24) is 4.98 Å². The average Bonchev–Trinajstić information content (AvgIpc) is 2.73. The van der Waals surface area contributed by atoms with Gasteiger partial charge in [-0.2, -0.15) is 0 Å². The van der Waals surface area contributed by atoms with Crippen LogP contribution in [0.5, 0.6) is 0 Å². The van der Waals surface area contributed by atoms with Crippen molar-refractivity contribution < 1.29 is 13.9 Å². The van der Waals surface area contributed by atoms with Crippen molar-refractivity contribution in [3.8, 4) is 11.5 Å². The molecule has 0 radical (unpaired) electrons. The van der Waals surface area contributed by atoms with E-state index in [0.29, 0.717) is 11.7 Å². The van der Waals surface area contributed by atoms with E-state index < -0.39 is 5.97 Å². The minimum absolute atomic E-state index is 0.230. The lowest BCUT2D eigenvalue weighted by molar-refractivity contribution is 0.0593. The molecule has 2 rings (SSSR count). The second-order valence-corrected chi connectivity index (χ2v) is 4.23. The Morgan fingerprint density at radius 1 is 1.28 bits per heavy atom. The summed E-state index contributed by atoms with van der Waals surface area (Å²) < 4.78 is 10.2. The second kappa shape index (κ2) is 4.64. The molecule has 0 aliphatic heterocycles. The van der Waals surface area contributed by atoms with Crippen LogP contribution in [0.15, 0.2) is 22.6 Å². The third-order valence-electron chi connectivity index (χ3n) is 2.80. The van der Waals surface area contributed by atoms with E-state index in [4.69, 9.17) is 4.42 Å². The van der Waals surface area contributed by atoms with E-state index in [1.165, 1.54) is 7.11 Å². The molecule has 0 saturated carbocycles. The molecule has 0 atom stereocenters. The lowest BCUT2D eigenvalue weighted by atomic mass is 10.1. The predicted octanol–water partition coefficient (Wildman–Crippen LogP) is 3.05. The van der Waals surface area contributed by atoms with Crippen LogP contribution in [0.4, 0.5) is 0 Å². The number of rotatable bonds is 2. The first-order valence-corrected chi connectivity index (χ1v) is 5.66. The zero-order chi connectivity index (χ0) is 13.3. The standard InChI is InChI=1S/C14H15NO3/c1-8-5-6-9(2)11(7-8)13-15-12(10(3)18-13)14(16)17-4/h5-7H,1-4H3. The third kappa shape index (κ3) is 2.14. The molecule has 0 fully saturated rings. The van der Waals surface area contributed by atoms with Crippen molar-refractivity contribution >= 4 is 5.97 Å². The number of carbonyl (C=O) groups excluding carboxylic acids is 1. The topological polar surface area (TPSA) is 52.3 Å². The van der Waals surface area contributed by atoms with Crippen LogP contribution in [0, 0.1) is 20.8 Å². The zero-order valence-corrected chi connectivity index (χ0v) is 10.9. The van der Waals surface area contributed by atoms with Gasteiger partial charge in [-0.3, -0.25) is 0 Å². The second-order valence-electron chi connectivity index (χ2n) is 4.23. The Hall–Kier alpha value is -2.10. The van der Waals surface area contributed by atoms with Crippen molar-refractivity contribution in [3.05, 3.63) is 40.8 Å². The lowest BCUT2D eigenvalue weighted by Gasteiger charge is -2.02. The van der Waals surface area contributed by atoms with Crippen LogP contribution in [0.25, 0.3) is 11.5 Å². The maximum Gasteiger partial charge on any atom is 0.360 e. The molecule has 0 aliphatic rings. The minimum Gasteiger partial charge on any atom is -0.464 e. The number of esters is 1. The van der Waals surface area contributed by atoms with Gasteiger partial charge >= 0.3 is 5.97 Å². The molecule has 0 spiro atoms. The van der Waals surface area contributed by atoms with E-state index in [2.05, 4.69) is 9.72 Å². The number of methoxy groups -OCH3 is 1. The molecule has 0 N–H and O–H groups in total. The summed E-state index contributed by atoms with van der Waals surface area (Å²) in [6.45, 7) is 5.68. The Kier molecular flexibility index (Phi) is 3.19. The molecule has 0 amide bonds. The summed E-state index contributed by atoms with van der Waals surface area (Å²) in [7, 11) is 1.33. The summed E-state index contributed by atoms with van der Waals surface area (Å²) >= 11 is 0. The SMILES string of the molecule is COC(=O)c1nc(-c2cc(C)ccc2C)oc1C. The van der Waals surface area contributed by atoms with E-state index in [-0.39, 0.29) is 5.69 Å². The Morgan fingerprint density at radius 2 is 2.00 bits per heavy atom. The van der Waals surface area contributed by atoms with Crippen molar-refractivity contribution in [2.45, 2.75) is 20.8 Å². The molecule has 1 heterocycles. The van der Waals surface area contributed by atoms with Crippen LogP contribution in [-0.2, 0) is 4.74 Å². The monoisotopic (exact) mass is 245 g/mol. The highest BCUT2D eigenvalue weighted by molar-refractivity contribution is 5.88. The summed E-state index contributed by atoms with van der Waals surface area (Å²) in [6, 6.07) is 6.01. The van der Waals surface area contributed by atoms with Crippen LogP contribution >= 0.6 is 0 Å². The molecule has 0 unspecified atom stereocenters. The molecule has 0 saturated heterocycles. The van der Waals surface area contributed by atoms with E-state index in [1.54, 1.807) is 6.92 Å². The number of oxazole rings is 1. The van der Waals surface area contributed by atoms with Gasteiger partial charge in [0, 0.05) is 5.56 Å². The normalized spacial score (nSPS) is 10.4. The Balaban J connectivity index is 2.52. The smallest absolute Gasteiger partial charge is 0.360 e. The molecular formula is C14H15NO3. The van der Waals surface area contributed by atoms with E-state index in [9.17, 15) is 4.79 Å². The maximum atomic E-state index is 11.5. The molecule has 1 aromatic heterocycles. The first-order valence-electron chi connectivity index (χ1n) is 5.66. The maximum absolute atomic E-state index is 11.5. The summed E-state index contributed by atoms with van der Waals surface area (Å²) in [5.74, 6) is 0.444. The summed E-state index contributed by atoms with van der Waals surface area (Å²) in [5.41, 5.74) is 3.30. The number of aromatic nitrogens is 1. The Bertz CT molecular complexity index is 599. The Labute approximate surface area is 106 Å².